The fraction of sp³-hybridized carbons (Fsp3) is 0.692. The highest BCUT2D eigenvalue weighted by Crippen LogP contribution is 2.17. The van der Waals surface area contributed by atoms with Crippen molar-refractivity contribution in [2.75, 3.05) is 14.2 Å². The zero-order valence-corrected chi connectivity index (χ0v) is 9.92. The smallest absolute Gasteiger partial charge is 0.0915 e. The van der Waals surface area contributed by atoms with E-state index in [1.54, 1.807) is 14.2 Å². The molecular weight excluding hydrogens is 188 g/mol. The molecule has 0 aromatic carbocycles. The minimum absolute atomic E-state index is 1.15. The molecule has 0 unspecified atom stereocenters. The molecule has 0 aliphatic heterocycles. The minimum atomic E-state index is 1.15. The van der Waals surface area contributed by atoms with Crippen molar-refractivity contribution in [3.8, 4) is 0 Å². The number of hydrogen-bond acceptors (Lipinski definition) is 2. The van der Waals surface area contributed by atoms with Gasteiger partial charge >= 0.3 is 0 Å². The first-order valence-corrected chi connectivity index (χ1v) is 5.83. The Kier molecular flexibility index (Phi) is 5.98. The summed E-state index contributed by atoms with van der Waals surface area (Å²) in [5.74, 6) is 2.34. The Balaban J connectivity index is 0.000000151. The molecule has 2 rings (SSSR count). The number of methoxy groups -OCH3 is 2. The summed E-state index contributed by atoms with van der Waals surface area (Å²) in [5.41, 5.74) is 0. The van der Waals surface area contributed by atoms with Gasteiger partial charge in [0.05, 0.1) is 25.7 Å². The van der Waals surface area contributed by atoms with Crippen LogP contribution in [0.1, 0.15) is 44.9 Å². The summed E-state index contributed by atoms with van der Waals surface area (Å²) in [6.45, 7) is 0. The van der Waals surface area contributed by atoms with Crippen LogP contribution in [-0.4, -0.2) is 14.2 Å². The second-order valence-corrected chi connectivity index (χ2v) is 3.89. The molecule has 0 bridgehead atoms. The van der Waals surface area contributed by atoms with Crippen molar-refractivity contribution in [3.05, 3.63) is 23.7 Å². The molecule has 0 heterocycles. The van der Waals surface area contributed by atoms with Crippen molar-refractivity contribution in [1.29, 1.82) is 0 Å². The monoisotopic (exact) mass is 210 g/mol. The van der Waals surface area contributed by atoms with E-state index >= 15 is 0 Å². The van der Waals surface area contributed by atoms with Crippen LogP contribution in [0.25, 0.3) is 0 Å². The number of rotatable bonds is 2. The fourth-order valence-corrected chi connectivity index (χ4v) is 1.82. The number of allylic oxidation sites excluding steroid dienone is 4. The van der Waals surface area contributed by atoms with E-state index in [0.29, 0.717) is 0 Å². The van der Waals surface area contributed by atoms with Crippen LogP contribution in [0.4, 0.5) is 0 Å². The standard InChI is InChI=1S/C7H12O.C6H10O/c1-8-7-5-3-2-4-6-7;1-7-6-4-2-3-5-6/h5H,2-4,6H2,1H3;4H,2-3,5H2,1H3. The lowest BCUT2D eigenvalue weighted by Crippen LogP contribution is -1.92. The Bertz CT molecular complexity index is 229. The fourth-order valence-electron chi connectivity index (χ4n) is 1.82. The van der Waals surface area contributed by atoms with Gasteiger partial charge in [0.25, 0.3) is 0 Å². The van der Waals surface area contributed by atoms with Gasteiger partial charge < -0.3 is 9.47 Å². The summed E-state index contributed by atoms with van der Waals surface area (Å²) < 4.78 is 10.0. The van der Waals surface area contributed by atoms with Crippen LogP contribution >= 0.6 is 0 Å². The third-order valence-corrected chi connectivity index (χ3v) is 2.77. The van der Waals surface area contributed by atoms with Gasteiger partial charge in [0, 0.05) is 12.8 Å². The minimum Gasteiger partial charge on any atom is -0.501 e. The average Bonchev–Trinajstić information content (AvgIpc) is 2.84. The molecule has 86 valence electrons. The first-order chi connectivity index (χ1) is 7.36. The van der Waals surface area contributed by atoms with E-state index < -0.39 is 0 Å². The molecule has 15 heavy (non-hydrogen) atoms. The van der Waals surface area contributed by atoms with Gasteiger partial charge in [0.15, 0.2) is 0 Å². The Morgan fingerprint density at radius 2 is 1.33 bits per heavy atom. The van der Waals surface area contributed by atoms with Crippen LogP contribution in [0.3, 0.4) is 0 Å². The van der Waals surface area contributed by atoms with Crippen molar-refractivity contribution < 1.29 is 9.47 Å². The van der Waals surface area contributed by atoms with Gasteiger partial charge in [-0.1, -0.05) is 0 Å². The number of hydrogen-bond donors (Lipinski definition) is 0. The molecule has 0 spiro atoms. The van der Waals surface area contributed by atoms with Crippen LogP contribution in [0.2, 0.25) is 0 Å². The van der Waals surface area contributed by atoms with Gasteiger partial charge in [0.2, 0.25) is 0 Å². The van der Waals surface area contributed by atoms with Crippen LogP contribution in [0.5, 0.6) is 0 Å². The second kappa shape index (κ2) is 7.38. The lowest BCUT2D eigenvalue weighted by molar-refractivity contribution is 0.266. The highest BCUT2D eigenvalue weighted by atomic mass is 16.5. The topological polar surface area (TPSA) is 18.5 Å². The van der Waals surface area contributed by atoms with E-state index in [1.807, 2.05) is 0 Å². The molecule has 0 N–H and O–H groups in total. The SMILES string of the molecule is COC1=CCCC1.COC1=CCCCC1. The van der Waals surface area contributed by atoms with Crippen LogP contribution in [-0.2, 0) is 9.47 Å². The highest BCUT2D eigenvalue weighted by Gasteiger charge is 2.01. The molecule has 0 aromatic heterocycles. The van der Waals surface area contributed by atoms with Crippen molar-refractivity contribution in [1.82, 2.24) is 0 Å². The van der Waals surface area contributed by atoms with Gasteiger partial charge in [-0.15, -0.1) is 0 Å². The Morgan fingerprint density at radius 1 is 0.800 bits per heavy atom. The quantitative estimate of drug-likeness (QED) is 0.690. The van der Waals surface area contributed by atoms with Crippen molar-refractivity contribution >= 4 is 0 Å². The summed E-state index contributed by atoms with van der Waals surface area (Å²) in [6.07, 6.45) is 13.0. The number of ether oxygens (including phenoxy) is 2. The predicted octanol–water partition coefficient (Wildman–Crippen LogP) is 3.79. The average molecular weight is 210 g/mol. The lowest BCUT2D eigenvalue weighted by Gasteiger charge is -2.09. The van der Waals surface area contributed by atoms with E-state index in [-0.39, 0.29) is 0 Å². The van der Waals surface area contributed by atoms with Gasteiger partial charge in [-0.2, -0.15) is 0 Å². The zero-order valence-electron chi connectivity index (χ0n) is 9.92. The second-order valence-electron chi connectivity index (χ2n) is 3.89. The molecule has 0 atom stereocenters. The molecule has 2 aliphatic carbocycles. The zero-order chi connectivity index (χ0) is 10.9. The largest absolute Gasteiger partial charge is 0.501 e. The lowest BCUT2D eigenvalue weighted by atomic mass is 10.1. The maximum Gasteiger partial charge on any atom is 0.0915 e. The molecule has 2 heteroatoms. The normalized spacial score (nSPS) is 19.6. The highest BCUT2D eigenvalue weighted by molar-refractivity contribution is 4.98. The molecular formula is C13H22O2. The van der Waals surface area contributed by atoms with Crippen molar-refractivity contribution in [2.24, 2.45) is 0 Å². The predicted molar refractivity (Wildman–Crippen MR) is 62.5 cm³/mol. The summed E-state index contributed by atoms with van der Waals surface area (Å²) in [6, 6.07) is 0. The summed E-state index contributed by atoms with van der Waals surface area (Å²) in [7, 11) is 3.48. The maximum atomic E-state index is 5.05. The van der Waals surface area contributed by atoms with Crippen LogP contribution in [0, 0.1) is 0 Å². The molecule has 2 aliphatic rings. The molecule has 0 radical (unpaired) electrons. The molecule has 0 aromatic rings. The van der Waals surface area contributed by atoms with E-state index in [1.165, 1.54) is 43.6 Å². The van der Waals surface area contributed by atoms with Crippen molar-refractivity contribution in [2.45, 2.75) is 44.9 Å². The van der Waals surface area contributed by atoms with Gasteiger partial charge in [-0.3, -0.25) is 0 Å². The van der Waals surface area contributed by atoms with E-state index in [4.69, 9.17) is 9.47 Å². The van der Waals surface area contributed by atoms with Gasteiger partial charge in [-0.25, -0.2) is 0 Å². The van der Waals surface area contributed by atoms with E-state index in [2.05, 4.69) is 12.2 Å². The molecule has 0 fully saturated rings. The molecule has 0 saturated carbocycles. The summed E-state index contributed by atoms with van der Waals surface area (Å²) in [5, 5.41) is 0. The van der Waals surface area contributed by atoms with Gasteiger partial charge in [0.1, 0.15) is 0 Å². The summed E-state index contributed by atoms with van der Waals surface area (Å²) in [4.78, 5) is 0. The van der Waals surface area contributed by atoms with E-state index in [9.17, 15) is 0 Å². The van der Waals surface area contributed by atoms with Crippen molar-refractivity contribution in [3.63, 3.8) is 0 Å². The Morgan fingerprint density at radius 3 is 1.67 bits per heavy atom. The Labute approximate surface area is 93.0 Å². The first kappa shape index (κ1) is 12.2. The Hall–Kier alpha value is -0.920. The van der Waals surface area contributed by atoms with Crippen LogP contribution < -0.4 is 0 Å². The third-order valence-electron chi connectivity index (χ3n) is 2.77. The molecule has 2 nitrogen and oxygen atoms in total. The first-order valence-electron chi connectivity index (χ1n) is 5.83. The van der Waals surface area contributed by atoms with E-state index in [0.717, 1.165) is 12.8 Å². The molecule has 0 saturated heterocycles. The molecule has 0 amide bonds. The van der Waals surface area contributed by atoms with Crippen LogP contribution in [0.15, 0.2) is 23.7 Å². The third kappa shape index (κ3) is 4.91. The maximum absolute atomic E-state index is 5.05. The van der Waals surface area contributed by atoms with Gasteiger partial charge in [-0.05, 0) is 44.3 Å². The summed E-state index contributed by atoms with van der Waals surface area (Å²) >= 11 is 0.